The fraction of sp³-hybridized carbons (Fsp3) is 0.692. The van der Waals surface area contributed by atoms with Crippen molar-refractivity contribution in [3.05, 3.63) is 18.7 Å². The minimum atomic E-state index is 0.117. The highest BCUT2D eigenvalue weighted by atomic mass is 16.2. The largest absolute Gasteiger partial charge is 0.352 e. The number of piperidine rings is 1. The van der Waals surface area contributed by atoms with E-state index in [9.17, 15) is 4.79 Å². The first-order valence-corrected chi connectivity index (χ1v) is 6.64. The quantitative estimate of drug-likeness (QED) is 0.830. The zero-order valence-electron chi connectivity index (χ0n) is 11.1. The van der Waals surface area contributed by atoms with Crippen LogP contribution in [-0.4, -0.2) is 34.1 Å². The predicted octanol–water partition coefficient (Wildman–Crippen LogP) is 0.776. The molecule has 3 unspecified atom stereocenters. The van der Waals surface area contributed by atoms with Crippen LogP contribution in [0.3, 0.4) is 0 Å². The summed E-state index contributed by atoms with van der Waals surface area (Å²) in [5, 5.41) is 6.43. The number of aromatic nitrogens is 2. The molecule has 0 bridgehead atoms. The van der Waals surface area contributed by atoms with Crippen LogP contribution in [0.5, 0.6) is 0 Å². The molecule has 1 saturated heterocycles. The molecule has 3 atom stereocenters. The Balaban J connectivity index is 1.76. The molecular weight excluding hydrogens is 228 g/mol. The lowest BCUT2D eigenvalue weighted by Gasteiger charge is -2.28. The van der Waals surface area contributed by atoms with Gasteiger partial charge in [0.1, 0.15) is 0 Å². The summed E-state index contributed by atoms with van der Waals surface area (Å²) in [4.78, 5) is 16.1. The summed E-state index contributed by atoms with van der Waals surface area (Å²) in [6, 6.07) is 0.670. The van der Waals surface area contributed by atoms with Crippen LogP contribution in [0, 0.1) is 5.92 Å². The Morgan fingerprint density at radius 2 is 2.44 bits per heavy atom. The monoisotopic (exact) mass is 250 g/mol. The number of carbonyl (C=O) groups is 1. The van der Waals surface area contributed by atoms with Gasteiger partial charge in [-0.1, -0.05) is 0 Å². The van der Waals surface area contributed by atoms with Crippen molar-refractivity contribution in [1.29, 1.82) is 0 Å². The maximum Gasteiger partial charge on any atom is 0.224 e. The number of nitrogens with one attached hydrogen (secondary N) is 2. The third kappa shape index (κ3) is 3.57. The number of carbonyl (C=O) groups excluding carboxylic acids is 1. The van der Waals surface area contributed by atoms with Crippen LogP contribution in [-0.2, 0) is 11.3 Å². The highest BCUT2D eigenvalue weighted by Crippen LogP contribution is 2.14. The number of amides is 1. The van der Waals surface area contributed by atoms with Crippen molar-refractivity contribution < 1.29 is 4.79 Å². The first-order valence-electron chi connectivity index (χ1n) is 6.64. The van der Waals surface area contributed by atoms with Gasteiger partial charge >= 0.3 is 0 Å². The number of hydrogen-bond donors (Lipinski definition) is 2. The van der Waals surface area contributed by atoms with Crippen LogP contribution >= 0.6 is 0 Å². The summed E-state index contributed by atoms with van der Waals surface area (Å²) < 4.78 is 1.98. The first-order chi connectivity index (χ1) is 8.65. The number of rotatable bonds is 4. The molecular formula is C13H22N4O. The average Bonchev–Trinajstić information content (AvgIpc) is 2.82. The molecule has 0 radical (unpaired) electrons. The number of imidazole rings is 1. The van der Waals surface area contributed by atoms with Gasteiger partial charge < -0.3 is 15.2 Å². The minimum absolute atomic E-state index is 0.117. The zero-order valence-corrected chi connectivity index (χ0v) is 11.1. The normalized spacial score (nSPS) is 25.7. The Morgan fingerprint density at radius 3 is 3.06 bits per heavy atom. The molecule has 1 amide bonds. The summed E-state index contributed by atoms with van der Waals surface area (Å²) in [6.45, 7) is 5.75. The molecule has 0 aromatic carbocycles. The van der Waals surface area contributed by atoms with Crippen LogP contribution in [0.2, 0.25) is 0 Å². The summed E-state index contributed by atoms with van der Waals surface area (Å²) in [6.07, 6.45) is 7.49. The smallest absolute Gasteiger partial charge is 0.224 e. The molecule has 100 valence electrons. The molecule has 0 aliphatic carbocycles. The molecule has 1 aromatic heterocycles. The summed E-state index contributed by atoms with van der Waals surface area (Å²) in [5.41, 5.74) is 0. The van der Waals surface area contributed by atoms with Crippen LogP contribution in [0.4, 0.5) is 0 Å². The Kier molecular flexibility index (Phi) is 4.36. The molecule has 18 heavy (non-hydrogen) atoms. The SMILES string of the molecule is CC1CCC(C(=O)NC(C)Cn2ccnc2)CN1. The van der Waals surface area contributed by atoms with Crippen molar-refractivity contribution in [2.75, 3.05) is 6.54 Å². The molecule has 0 saturated carbocycles. The second-order valence-electron chi connectivity index (χ2n) is 5.25. The van der Waals surface area contributed by atoms with E-state index in [1.165, 1.54) is 0 Å². The van der Waals surface area contributed by atoms with Gasteiger partial charge in [0.05, 0.1) is 12.2 Å². The molecule has 5 nitrogen and oxygen atoms in total. The average molecular weight is 250 g/mol. The van der Waals surface area contributed by atoms with Crippen molar-refractivity contribution >= 4 is 5.91 Å². The van der Waals surface area contributed by atoms with Gasteiger partial charge in [-0.3, -0.25) is 4.79 Å². The molecule has 0 spiro atoms. The second kappa shape index (κ2) is 6.00. The Bertz CT molecular complexity index is 368. The van der Waals surface area contributed by atoms with Crippen molar-refractivity contribution in [2.45, 2.75) is 45.3 Å². The van der Waals surface area contributed by atoms with Gasteiger partial charge in [-0.15, -0.1) is 0 Å². The van der Waals surface area contributed by atoms with Crippen LogP contribution < -0.4 is 10.6 Å². The molecule has 2 heterocycles. The highest BCUT2D eigenvalue weighted by molar-refractivity contribution is 5.79. The van der Waals surface area contributed by atoms with E-state index in [0.29, 0.717) is 6.04 Å². The summed E-state index contributed by atoms with van der Waals surface area (Å²) in [5.74, 6) is 0.286. The topological polar surface area (TPSA) is 59.0 Å². The third-order valence-corrected chi connectivity index (χ3v) is 3.46. The van der Waals surface area contributed by atoms with E-state index in [1.807, 2.05) is 17.7 Å². The molecule has 1 aliphatic heterocycles. The van der Waals surface area contributed by atoms with E-state index < -0.39 is 0 Å². The molecule has 1 aliphatic rings. The molecule has 5 heteroatoms. The van der Waals surface area contributed by atoms with E-state index in [2.05, 4.69) is 22.5 Å². The highest BCUT2D eigenvalue weighted by Gasteiger charge is 2.24. The second-order valence-corrected chi connectivity index (χ2v) is 5.25. The number of nitrogens with zero attached hydrogens (tertiary/aromatic N) is 2. The first kappa shape index (κ1) is 13.1. The van der Waals surface area contributed by atoms with E-state index in [1.54, 1.807) is 12.5 Å². The Hall–Kier alpha value is -1.36. The van der Waals surface area contributed by atoms with Gasteiger partial charge in [-0.2, -0.15) is 0 Å². The standard InChI is InChI=1S/C13H22N4O/c1-10-3-4-12(7-15-10)13(18)16-11(2)8-17-6-5-14-9-17/h5-6,9-12,15H,3-4,7-8H2,1-2H3,(H,16,18). The maximum absolute atomic E-state index is 12.1. The van der Waals surface area contributed by atoms with Gasteiger partial charge in [0.25, 0.3) is 0 Å². The van der Waals surface area contributed by atoms with Gasteiger partial charge in [0.2, 0.25) is 5.91 Å². The summed E-state index contributed by atoms with van der Waals surface area (Å²) in [7, 11) is 0. The maximum atomic E-state index is 12.1. The summed E-state index contributed by atoms with van der Waals surface area (Å²) >= 11 is 0. The van der Waals surface area contributed by atoms with Gasteiger partial charge in [-0.05, 0) is 26.7 Å². The molecule has 1 fully saturated rings. The Morgan fingerprint density at radius 1 is 1.61 bits per heavy atom. The van der Waals surface area contributed by atoms with E-state index in [4.69, 9.17) is 0 Å². The lowest BCUT2D eigenvalue weighted by atomic mass is 9.94. The van der Waals surface area contributed by atoms with Crippen LogP contribution in [0.1, 0.15) is 26.7 Å². The van der Waals surface area contributed by atoms with E-state index in [-0.39, 0.29) is 17.9 Å². The van der Waals surface area contributed by atoms with Gasteiger partial charge in [0.15, 0.2) is 0 Å². The fourth-order valence-electron chi connectivity index (χ4n) is 2.34. The van der Waals surface area contributed by atoms with E-state index in [0.717, 1.165) is 25.9 Å². The lowest BCUT2D eigenvalue weighted by Crippen LogP contribution is -2.46. The van der Waals surface area contributed by atoms with Gasteiger partial charge in [-0.25, -0.2) is 4.98 Å². The van der Waals surface area contributed by atoms with Crippen molar-refractivity contribution in [2.24, 2.45) is 5.92 Å². The zero-order chi connectivity index (χ0) is 13.0. The lowest BCUT2D eigenvalue weighted by molar-refractivity contribution is -0.126. The van der Waals surface area contributed by atoms with E-state index >= 15 is 0 Å². The molecule has 2 rings (SSSR count). The van der Waals surface area contributed by atoms with Crippen molar-refractivity contribution in [3.63, 3.8) is 0 Å². The molecule has 2 N–H and O–H groups in total. The Labute approximate surface area is 108 Å². The van der Waals surface area contributed by atoms with Crippen LogP contribution in [0.15, 0.2) is 18.7 Å². The van der Waals surface area contributed by atoms with Crippen molar-refractivity contribution in [1.82, 2.24) is 20.2 Å². The minimum Gasteiger partial charge on any atom is -0.352 e. The number of hydrogen-bond acceptors (Lipinski definition) is 3. The molecule has 1 aromatic rings. The predicted molar refractivity (Wildman–Crippen MR) is 70.0 cm³/mol. The van der Waals surface area contributed by atoms with Crippen molar-refractivity contribution in [3.8, 4) is 0 Å². The fourth-order valence-corrected chi connectivity index (χ4v) is 2.34. The van der Waals surface area contributed by atoms with Gasteiger partial charge in [0, 0.05) is 37.6 Å². The van der Waals surface area contributed by atoms with Crippen LogP contribution in [0.25, 0.3) is 0 Å². The third-order valence-electron chi connectivity index (χ3n) is 3.46.